The van der Waals surface area contributed by atoms with Crippen LogP contribution >= 0.6 is 0 Å². The van der Waals surface area contributed by atoms with Crippen molar-refractivity contribution in [1.82, 2.24) is 0 Å². The zero-order valence-corrected chi connectivity index (χ0v) is 11.3. The quantitative estimate of drug-likeness (QED) is 0.699. The lowest BCUT2D eigenvalue weighted by molar-refractivity contribution is 0.0989. The zero-order valence-electron chi connectivity index (χ0n) is 10.5. The number of carbonyl (C=O) groups is 1. The minimum Gasteiger partial charge on any atom is -0.294 e. The van der Waals surface area contributed by atoms with Gasteiger partial charge in [-0.1, -0.05) is 50.6 Å². The standard InChI is InChI=1S/C14H20O2S/c1-3-12(2)11-17(16)10-9-14(15)13-7-5-4-6-8-13/h4-8,12H,3,9-11H2,1-2H3. The van der Waals surface area contributed by atoms with Gasteiger partial charge in [0, 0.05) is 34.3 Å². The maximum Gasteiger partial charge on any atom is 0.163 e. The predicted octanol–water partition coefficient (Wildman–Crippen LogP) is 3.05. The summed E-state index contributed by atoms with van der Waals surface area (Å²) in [6, 6.07) is 9.20. The summed E-state index contributed by atoms with van der Waals surface area (Å²) in [5, 5.41) is 0. The second-order valence-electron chi connectivity index (χ2n) is 4.36. The minimum absolute atomic E-state index is 0.0862. The third-order valence-electron chi connectivity index (χ3n) is 2.82. The summed E-state index contributed by atoms with van der Waals surface area (Å²) in [5.74, 6) is 1.75. The molecule has 2 nitrogen and oxygen atoms in total. The molecule has 0 saturated heterocycles. The Morgan fingerprint density at radius 3 is 2.53 bits per heavy atom. The fourth-order valence-electron chi connectivity index (χ4n) is 1.49. The molecule has 0 aromatic heterocycles. The number of rotatable bonds is 7. The molecule has 0 N–H and O–H groups in total. The molecule has 17 heavy (non-hydrogen) atoms. The fourth-order valence-corrected chi connectivity index (χ4v) is 2.94. The number of benzene rings is 1. The van der Waals surface area contributed by atoms with Crippen molar-refractivity contribution in [2.75, 3.05) is 11.5 Å². The summed E-state index contributed by atoms with van der Waals surface area (Å²) in [6.07, 6.45) is 1.42. The van der Waals surface area contributed by atoms with Crippen LogP contribution in [0.25, 0.3) is 0 Å². The Bertz CT molecular complexity index is 373. The number of ketones is 1. The van der Waals surface area contributed by atoms with Gasteiger partial charge in [0.25, 0.3) is 0 Å². The predicted molar refractivity (Wildman–Crippen MR) is 72.7 cm³/mol. The average Bonchev–Trinajstić information content (AvgIpc) is 2.36. The van der Waals surface area contributed by atoms with E-state index in [0.29, 0.717) is 29.4 Å². The molecule has 0 aliphatic carbocycles. The van der Waals surface area contributed by atoms with Crippen LogP contribution in [-0.2, 0) is 10.8 Å². The van der Waals surface area contributed by atoms with E-state index in [2.05, 4.69) is 13.8 Å². The van der Waals surface area contributed by atoms with Crippen molar-refractivity contribution < 1.29 is 9.00 Å². The minimum atomic E-state index is -0.865. The summed E-state index contributed by atoms with van der Waals surface area (Å²) >= 11 is 0. The molecule has 1 aromatic rings. The molecule has 0 spiro atoms. The molecule has 0 aliphatic heterocycles. The van der Waals surface area contributed by atoms with Crippen molar-refractivity contribution >= 4 is 16.6 Å². The molecule has 2 unspecified atom stereocenters. The van der Waals surface area contributed by atoms with Gasteiger partial charge >= 0.3 is 0 Å². The first-order valence-corrected chi connectivity index (χ1v) is 7.55. The van der Waals surface area contributed by atoms with Crippen molar-refractivity contribution in [1.29, 1.82) is 0 Å². The SMILES string of the molecule is CCC(C)CS(=O)CCC(=O)c1ccccc1. The van der Waals surface area contributed by atoms with Crippen LogP contribution < -0.4 is 0 Å². The van der Waals surface area contributed by atoms with E-state index in [9.17, 15) is 9.00 Å². The summed E-state index contributed by atoms with van der Waals surface area (Å²) < 4.78 is 11.7. The largest absolute Gasteiger partial charge is 0.294 e. The lowest BCUT2D eigenvalue weighted by atomic mass is 10.1. The van der Waals surface area contributed by atoms with Crippen LogP contribution in [0.1, 0.15) is 37.0 Å². The molecule has 94 valence electrons. The first kappa shape index (κ1) is 14.1. The third kappa shape index (κ3) is 5.26. The lowest BCUT2D eigenvalue weighted by Crippen LogP contribution is -2.13. The van der Waals surface area contributed by atoms with E-state index in [4.69, 9.17) is 0 Å². The van der Waals surface area contributed by atoms with Crippen molar-refractivity contribution in [3.63, 3.8) is 0 Å². The zero-order chi connectivity index (χ0) is 12.7. The highest BCUT2D eigenvalue weighted by atomic mass is 32.2. The lowest BCUT2D eigenvalue weighted by Gasteiger charge is -2.07. The van der Waals surface area contributed by atoms with Crippen LogP contribution in [0.5, 0.6) is 0 Å². The van der Waals surface area contributed by atoms with Crippen LogP contribution in [0.15, 0.2) is 30.3 Å². The number of hydrogen-bond donors (Lipinski definition) is 0. The summed E-state index contributed by atoms with van der Waals surface area (Å²) in [5.41, 5.74) is 0.716. The van der Waals surface area contributed by atoms with E-state index < -0.39 is 10.8 Å². The fraction of sp³-hybridized carbons (Fsp3) is 0.500. The number of hydrogen-bond acceptors (Lipinski definition) is 2. The highest BCUT2D eigenvalue weighted by molar-refractivity contribution is 7.85. The van der Waals surface area contributed by atoms with Crippen molar-refractivity contribution in [3.05, 3.63) is 35.9 Å². The second-order valence-corrected chi connectivity index (χ2v) is 5.98. The van der Waals surface area contributed by atoms with E-state index in [1.165, 1.54) is 0 Å². The van der Waals surface area contributed by atoms with Crippen molar-refractivity contribution in [3.8, 4) is 0 Å². The molecule has 2 atom stereocenters. The Labute approximate surface area is 106 Å². The van der Waals surface area contributed by atoms with Crippen molar-refractivity contribution in [2.45, 2.75) is 26.7 Å². The molecular formula is C14H20O2S. The van der Waals surface area contributed by atoms with Gasteiger partial charge in [0.2, 0.25) is 0 Å². The molecule has 0 bridgehead atoms. The highest BCUT2D eigenvalue weighted by Gasteiger charge is 2.10. The van der Waals surface area contributed by atoms with Gasteiger partial charge in [-0.15, -0.1) is 0 Å². The van der Waals surface area contributed by atoms with Gasteiger partial charge in [-0.3, -0.25) is 9.00 Å². The van der Waals surface area contributed by atoms with Crippen molar-refractivity contribution in [2.24, 2.45) is 5.92 Å². The van der Waals surface area contributed by atoms with Crippen LogP contribution in [0.2, 0.25) is 0 Å². The van der Waals surface area contributed by atoms with Crippen LogP contribution in [-0.4, -0.2) is 21.5 Å². The first-order valence-electron chi connectivity index (χ1n) is 6.06. The summed E-state index contributed by atoms with van der Waals surface area (Å²) in [4.78, 5) is 11.8. The first-order chi connectivity index (χ1) is 8.13. The summed E-state index contributed by atoms with van der Waals surface area (Å²) in [6.45, 7) is 4.19. The van der Waals surface area contributed by atoms with Gasteiger partial charge in [-0.2, -0.15) is 0 Å². The van der Waals surface area contributed by atoms with Crippen LogP contribution in [0.4, 0.5) is 0 Å². The second kappa shape index (κ2) is 7.38. The molecule has 0 heterocycles. The third-order valence-corrected chi connectivity index (χ3v) is 4.42. The van der Waals surface area contributed by atoms with E-state index in [1.54, 1.807) is 12.1 Å². The molecule has 0 fully saturated rings. The molecule has 1 aromatic carbocycles. The Kier molecular flexibility index (Phi) is 6.12. The van der Waals surface area contributed by atoms with Crippen LogP contribution in [0.3, 0.4) is 0 Å². The Morgan fingerprint density at radius 2 is 1.94 bits per heavy atom. The van der Waals surface area contributed by atoms with Gasteiger partial charge in [0.15, 0.2) is 5.78 Å². The monoisotopic (exact) mass is 252 g/mol. The van der Waals surface area contributed by atoms with Gasteiger partial charge in [0.05, 0.1) is 0 Å². The van der Waals surface area contributed by atoms with E-state index in [0.717, 1.165) is 6.42 Å². The molecule has 1 rings (SSSR count). The van der Waals surface area contributed by atoms with Gasteiger partial charge in [-0.05, 0) is 5.92 Å². The molecule has 0 aliphatic rings. The average molecular weight is 252 g/mol. The smallest absolute Gasteiger partial charge is 0.163 e. The number of Topliss-reactive ketones (excluding diaryl/α,β-unsaturated/α-hetero) is 1. The van der Waals surface area contributed by atoms with E-state index in [-0.39, 0.29) is 5.78 Å². The van der Waals surface area contributed by atoms with E-state index in [1.807, 2.05) is 18.2 Å². The molecular weight excluding hydrogens is 232 g/mol. The Balaban J connectivity index is 2.36. The summed E-state index contributed by atoms with van der Waals surface area (Å²) in [7, 11) is -0.865. The van der Waals surface area contributed by atoms with Crippen LogP contribution in [0, 0.1) is 5.92 Å². The molecule has 0 saturated carbocycles. The Morgan fingerprint density at radius 1 is 1.29 bits per heavy atom. The maximum atomic E-state index is 11.8. The highest BCUT2D eigenvalue weighted by Crippen LogP contribution is 2.07. The van der Waals surface area contributed by atoms with E-state index >= 15 is 0 Å². The molecule has 0 amide bonds. The normalized spacial score (nSPS) is 14.2. The van der Waals surface area contributed by atoms with Gasteiger partial charge < -0.3 is 0 Å². The van der Waals surface area contributed by atoms with Gasteiger partial charge in [-0.25, -0.2) is 0 Å². The molecule has 3 heteroatoms. The number of carbonyl (C=O) groups excluding carboxylic acids is 1. The van der Waals surface area contributed by atoms with Gasteiger partial charge in [0.1, 0.15) is 0 Å². The topological polar surface area (TPSA) is 34.1 Å². The Hall–Kier alpha value is -0.960. The molecule has 0 radical (unpaired) electrons. The maximum absolute atomic E-state index is 11.8.